The van der Waals surface area contributed by atoms with Crippen molar-refractivity contribution in [1.82, 2.24) is 19.7 Å². The molecule has 66 valence electrons. The standard InChI is InChI=1S/C8H7FN4/c1-13-5-11-12-8(13)6-2-7(9)4-10-3-6/h2-5H,1H3. The molecule has 2 aromatic heterocycles. The number of hydrogen-bond acceptors (Lipinski definition) is 3. The number of aromatic nitrogens is 4. The first-order chi connectivity index (χ1) is 6.27. The van der Waals surface area contributed by atoms with Crippen LogP contribution in [0.3, 0.4) is 0 Å². The molecular weight excluding hydrogens is 171 g/mol. The molecule has 0 N–H and O–H groups in total. The molecule has 0 fully saturated rings. The van der Waals surface area contributed by atoms with E-state index in [0.717, 1.165) is 6.20 Å². The number of rotatable bonds is 1. The number of halogens is 1. The van der Waals surface area contributed by atoms with Gasteiger partial charge in [0.05, 0.1) is 6.20 Å². The highest BCUT2D eigenvalue weighted by Crippen LogP contribution is 2.14. The fraction of sp³-hybridized carbons (Fsp3) is 0.125. The van der Waals surface area contributed by atoms with E-state index in [4.69, 9.17) is 0 Å². The number of aryl methyl sites for hydroxylation is 1. The Morgan fingerprint density at radius 3 is 2.85 bits per heavy atom. The third kappa shape index (κ3) is 1.40. The zero-order chi connectivity index (χ0) is 9.26. The van der Waals surface area contributed by atoms with Crippen LogP contribution in [-0.4, -0.2) is 19.7 Å². The van der Waals surface area contributed by atoms with Gasteiger partial charge < -0.3 is 4.57 Å². The molecule has 2 aromatic rings. The van der Waals surface area contributed by atoms with Crippen molar-refractivity contribution < 1.29 is 4.39 Å². The van der Waals surface area contributed by atoms with Crippen molar-refractivity contribution in [1.29, 1.82) is 0 Å². The van der Waals surface area contributed by atoms with E-state index >= 15 is 0 Å². The van der Waals surface area contributed by atoms with Crippen LogP contribution in [-0.2, 0) is 7.05 Å². The molecule has 4 nitrogen and oxygen atoms in total. The van der Waals surface area contributed by atoms with Gasteiger partial charge in [0.2, 0.25) is 0 Å². The Kier molecular flexibility index (Phi) is 1.77. The normalized spacial score (nSPS) is 10.3. The van der Waals surface area contributed by atoms with E-state index in [-0.39, 0.29) is 5.82 Å². The Balaban J connectivity index is 2.53. The fourth-order valence-corrected chi connectivity index (χ4v) is 1.08. The SMILES string of the molecule is Cn1cnnc1-c1cncc(F)c1. The first kappa shape index (κ1) is 7.85. The smallest absolute Gasteiger partial charge is 0.165 e. The Labute approximate surface area is 74.1 Å². The molecule has 13 heavy (non-hydrogen) atoms. The minimum atomic E-state index is -0.375. The number of nitrogens with zero attached hydrogens (tertiary/aromatic N) is 4. The molecule has 2 heterocycles. The lowest BCUT2D eigenvalue weighted by Gasteiger charge is -1.98. The van der Waals surface area contributed by atoms with Crippen molar-refractivity contribution in [3.63, 3.8) is 0 Å². The second-order valence-corrected chi connectivity index (χ2v) is 2.66. The van der Waals surface area contributed by atoms with Crippen LogP contribution in [0.5, 0.6) is 0 Å². The van der Waals surface area contributed by atoms with Crippen molar-refractivity contribution in [3.05, 3.63) is 30.6 Å². The molecule has 0 saturated carbocycles. The van der Waals surface area contributed by atoms with Gasteiger partial charge in [0, 0.05) is 18.8 Å². The van der Waals surface area contributed by atoms with Gasteiger partial charge in [-0.2, -0.15) is 0 Å². The molecule has 0 radical (unpaired) electrons. The van der Waals surface area contributed by atoms with E-state index in [9.17, 15) is 4.39 Å². The lowest BCUT2D eigenvalue weighted by Crippen LogP contribution is -1.92. The Morgan fingerprint density at radius 1 is 1.38 bits per heavy atom. The van der Waals surface area contributed by atoms with E-state index in [1.807, 2.05) is 0 Å². The number of pyridine rings is 1. The Morgan fingerprint density at radius 2 is 2.23 bits per heavy atom. The average molecular weight is 178 g/mol. The summed E-state index contributed by atoms with van der Waals surface area (Å²) in [5, 5.41) is 7.52. The molecule has 0 amide bonds. The summed E-state index contributed by atoms with van der Waals surface area (Å²) >= 11 is 0. The first-order valence-corrected chi connectivity index (χ1v) is 3.72. The van der Waals surface area contributed by atoms with Gasteiger partial charge in [0.1, 0.15) is 12.1 Å². The lowest BCUT2D eigenvalue weighted by atomic mass is 10.3. The van der Waals surface area contributed by atoms with Gasteiger partial charge in [-0.05, 0) is 6.07 Å². The molecule has 0 aliphatic heterocycles. The van der Waals surface area contributed by atoms with Crippen molar-refractivity contribution in [3.8, 4) is 11.4 Å². The quantitative estimate of drug-likeness (QED) is 0.654. The van der Waals surface area contributed by atoms with E-state index in [1.54, 1.807) is 24.1 Å². The van der Waals surface area contributed by atoms with Crippen LogP contribution in [0.1, 0.15) is 0 Å². The molecular formula is C8H7FN4. The molecule has 0 unspecified atom stereocenters. The maximum absolute atomic E-state index is 12.8. The molecule has 2 rings (SSSR count). The zero-order valence-corrected chi connectivity index (χ0v) is 6.98. The van der Waals surface area contributed by atoms with Crippen LogP contribution >= 0.6 is 0 Å². The second-order valence-electron chi connectivity index (χ2n) is 2.66. The Bertz CT molecular complexity index is 424. The van der Waals surface area contributed by atoms with Crippen LogP contribution in [0.25, 0.3) is 11.4 Å². The molecule has 5 heteroatoms. The summed E-state index contributed by atoms with van der Waals surface area (Å²) in [6.07, 6.45) is 4.26. The molecule has 0 spiro atoms. The van der Waals surface area contributed by atoms with E-state index in [0.29, 0.717) is 11.4 Å². The van der Waals surface area contributed by atoms with Crippen molar-refractivity contribution in [2.24, 2.45) is 7.05 Å². The van der Waals surface area contributed by atoms with Crippen LogP contribution in [0.15, 0.2) is 24.8 Å². The summed E-state index contributed by atoms with van der Waals surface area (Å²) in [5.74, 6) is 0.229. The number of hydrogen-bond donors (Lipinski definition) is 0. The van der Waals surface area contributed by atoms with Crippen molar-refractivity contribution >= 4 is 0 Å². The van der Waals surface area contributed by atoms with Crippen LogP contribution in [0.2, 0.25) is 0 Å². The maximum atomic E-state index is 12.8. The second kappa shape index (κ2) is 2.93. The van der Waals surface area contributed by atoms with Gasteiger partial charge in [-0.3, -0.25) is 4.98 Å². The van der Waals surface area contributed by atoms with Gasteiger partial charge >= 0.3 is 0 Å². The maximum Gasteiger partial charge on any atom is 0.165 e. The predicted octanol–water partition coefficient (Wildman–Crippen LogP) is 1.02. The van der Waals surface area contributed by atoms with Crippen LogP contribution in [0, 0.1) is 5.82 Å². The third-order valence-corrected chi connectivity index (χ3v) is 1.67. The summed E-state index contributed by atoms with van der Waals surface area (Å²) in [5.41, 5.74) is 0.625. The van der Waals surface area contributed by atoms with Crippen molar-refractivity contribution in [2.75, 3.05) is 0 Å². The monoisotopic (exact) mass is 178 g/mol. The summed E-state index contributed by atoms with van der Waals surface area (Å²) in [4.78, 5) is 3.73. The van der Waals surface area contributed by atoms with E-state index < -0.39 is 0 Å². The highest BCUT2D eigenvalue weighted by molar-refractivity contribution is 5.52. The summed E-state index contributed by atoms with van der Waals surface area (Å²) in [7, 11) is 1.79. The predicted molar refractivity (Wildman–Crippen MR) is 44.2 cm³/mol. The van der Waals surface area contributed by atoms with Crippen molar-refractivity contribution in [2.45, 2.75) is 0 Å². The minimum Gasteiger partial charge on any atom is -0.317 e. The molecule has 0 atom stereocenters. The summed E-state index contributed by atoms with van der Waals surface area (Å²) < 4.78 is 14.5. The van der Waals surface area contributed by atoms with Gasteiger partial charge in [-0.1, -0.05) is 0 Å². The first-order valence-electron chi connectivity index (χ1n) is 3.72. The molecule has 0 bridgehead atoms. The molecule has 0 aliphatic rings. The topological polar surface area (TPSA) is 43.6 Å². The van der Waals surface area contributed by atoms with Crippen LogP contribution in [0.4, 0.5) is 4.39 Å². The lowest BCUT2D eigenvalue weighted by molar-refractivity contribution is 0.621. The largest absolute Gasteiger partial charge is 0.317 e. The Hall–Kier alpha value is -1.78. The summed E-state index contributed by atoms with van der Waals surface area (Å²) in [6, 6.07) is 1.37. The van der Waals surface area contributed by atoms with Gasteiger partial charge in [-0.25, -0.2) is 4.39 Å². The van der Waals surface area contributed by atoms with E-state index in [1.165, 1.54) is 6.07 Å². The molecule has 0 saturated heterocycles. The van der Waals surface area contributed by atoms with Gasteiger partial charge in [-0.15, -0.1) is 10.2 Å². The average Bonchev–Trinajstić information content (AvgIpc) is 2.51. The van der Waals surface area contributed by atoms with Gasteiger partial charge in [0.25, 0.3) is 0 Å². The van der Waals surface area contributed by atoms with Crippen LogP contribution < -0.4 is 0 Å². The minimum absolute atomic E-state index is 0.375. The zero-order valence-electron chi connectivity index (χ0n) is 6.98. The summed E-state index contributed by atoms with van der Waals surface area (Å²) in [6.45, 7) is 0. The van der Waals surface area contributed by atoms with E-state index in [2.05, 4.69) is 15.2 Å². The molecule has 0 aliphatic carbocycles. The van der Waals surface area contributed by atoms with Gasteiger partial charge in [0.15, 0.2) is 5.82 Å². The highest BCUT2D eigenvalue weighted by Gasteiger charge is 2.04. The highest BCUT2D eigenvalue weighted by atomic mass is 19.1. The molecule has 0 aromatic carbocycles. The fourth-order valence-electron chi connectivity index (χ4n) is 1.08. The third-order valence-electron chi connectivity index (χ3n) is 1.67.